The van der Waals surface area contributed by atoms with Crippen molar-refractivity contribution in [2.24, 2.45) is 0 Å². The van der Waals surface area contributed by atoms with Crippen molar-refractivity contribution in [1.29, 1.82) is 0 Å². The maximum Gasteiger partial charge on any atom is 0.319 e. The third kappa shape index (κ3) is 4.24. The Balaban J connectivity index is 1.71. The van der Waals surface area contributed by atoms with Crippen LogP contribution in [0.25, 0.3) is 0 Å². The van der Waals surface area contributed by atoms with Crippen LogP contribution in [-0.4, -0.2) is 27.3 Å². The summed E-state index contributed by atoms with van der Waals surface area (Å²) in [5.41, 5.74) is 1.65. The van der Waals surface area contributed by atoms with Gasteiger partial charge in [0.25, 0.3) is 0 Å². The summed E-state index contributed by atoms with van der Waals surface area (Å²) in [4.78, 5) is 11.7. The summed E-state index contributed by atoms with van der Waals surface area (Å²) in [6.45, 7) is 3.24. The van der Waals surface area contributed by atoms with Crippen LogP contribution in [0.5, 0.6) is 0 Å². The number of carbonyl (C=O) groups is 1. The van der Waals surface area contributed by atoms with E-state index in [1.165, 1.54) is 0 Å². The highest BCUT2D eigenvalue weighted by atomic mass is 35.5. The Morgan fingerprint density at radius 2 is 2.10 bits per heavy atom. The molecule has 0 saturated heterocycles. The van der Waals surface area contributed by atoms with Crippen LogP contribution in [-0.2, 0) is 6.54 Å². The Labute approximate surface area is 122 Å². The van der Waals surface area contributed by atoms with E-state index >= 15 is 0 Å². The van der Waals surface area contributed by atoms with Crippen LogP contribution in [0.1, 0.15) is 12.0 Å². The number of hydrogen-bond acceptors (Lipinski definition) is 3. The molecule has 0 unspecified atom stereocenters. The number of halogens is 1. The normalized spacial score (nSPS) is 10.3. The van der Waals surface area contributed by atoms with Crippen molar-refractivity contribution < 1.29 is 4.79 Å². The number of anilines is 1. The van der Waals surface area contributed by atoms with E-state index < -0.39 is 0 Å². The Bertz CT molecular complexity index is 570. The summed E-state index contributed by atoms with van der Waals surface area (Å²) in [5, 5.41) is 13.7. The summed E-state index contributed by atoms with van der Waals surface area (Å²) < 4.78 is 1.86. The zero-order valence-electron chi connectivity index (χ0n) is 11.1. The summed E-state index contributed by atoms with van der Waals surface area (Å²) in [6.07, 6.45) is 4.11. The van der Waals surface area contributed by atoms with Gasteiger partial charge in [0.15, 0.2) is 0 Å². The predicted octanol–water partition coefficient (Wildman–Crippen LogP) is 2.45. The predicted molar refractivity (Wildman–Crippen MR) is 77.8 cm³/mol. The van der Waals surface area contributed by atoms with Crippen LogP contribution in [0, 0.1) is 6.92 Å². The molecule has 20 heavy (non-hydrogen) atoms. The Morgan fingerprint density at radius 1 is 1.35 bits per heavy atom. The minimum Gasteiger partial charge on any atom is -0.338 e. The van der Waals surface area contributed by atoms with E-state index in [1.807, 2.05) is 17.6 Å². The molecule has 0 aliphatic carbocycles. The molecule has 0 atom stereocenters. The van der Waals surface area contributed by atoms with Crippen molar-refractivity contribution in [3.05, 3.63) is 41.4 Å². The maximum absolute atomic E-state index is 11.7. The second-order valence-corrected chi connectivity index (χ2v) is 4.81. The molecule has 2 N–H and O–H groups in total. The number of nitrogens with one attached hydrogen (secondary N) is 2. The van der Waals surface area contributed by atoms with Gasteiger partial charge in [0.1, 0.15) is 12.7 Å². The van der Waals surface area contributed by atoms with Crippen LogP contribution < -0.4 is 10.6 Å². The van der Waals surface area contributed by atoms with E-state index in [2.05, 4.69) is 20.8 Å². The number of carbonyl (C=O) groups excluding carboxylic acids is 1. The standard InChI is InChI=1S/C13H16ClN5O/c1-10-7-11(3-4-12(10)14)18-13(20)15-5-2-6-19-8-16-17-9-19/h3-4,7-9H,2,5-6H2,1H3,(H2,15,18,20). The molecule has 0 fully saturated rings. The molecule has 6 nitrogen and oxygen atoms in total. The lowest BCUT2D eigenvalue weighted by Gasteiger charge is -2.09. The first kappa shape index (κ1) is 14.3. The number of aryl methyl sites for hydroxylation is 2. The Morgan fingerprint density at radius 3 is 2.80 bits per heavy atom. The minimum atomic E-state index is -0.226. The molecule has 1 aromatic heterocycles. The topological polar surface area (TPSA) is 71.8 Å². The molecule has 0 aliphatic heterocycles. The fraction of sp³-hybridized carbons (Fsp3) is 0.308. The molecule has 106 valence electrons. The highest BCUT2D eigenvalue weighted by Gasteiger charge is 2.02. The monoisotopic (exact) mass is 293 g/mol. The van der Waals surface area contributed by atoms with Crippen LogP contribution in [0.15, 0.2) is 30.9 Å². The molecule has 2 rings (SSSR count). The van der Waals surface area contributed by atoms with Crippen LogP contribution in [0.4, 0.5) is 10.5 Å². The van der Waals surface area contributed by atoms with E-state index in [1.54, 1.807) is 24.8 Å². The maximum atomic E-state index is 11.7. The van der Waals surface area contributed by atoms with Gasteiger partial charge in [0.2, 0.25) is 0 Å². The number of rotatable bonds is 5. The van der Waals surface area contributed by atoms with Gasteiger partial charge in [-0.05, 0) is 37.1 Å². The molecule has 7 heteroatoms. The highest BCUT2D eigenvalue weighted by molar-refractivity contribution is 6.31. The van der Waals surface area contributed by atoms with Gasteiger partial charge in [-0.1, -0.05) is 11.6 Å². The molecule has 0 radical (unpaired) electrons. The van der Waals surface area contributed by atoms with E-state index in [-0.39, 0.29) is 6.03 Å². The quantitative estimate of drug-likeness (QED) is 0.832. The van der Waals surface area contributed by atoms with Gasteiger partial charge in [0, 0.05) is 23.8 Å². The summed E-state index contributed by atoms with van der Waals surface area (Å²) in [7, 11) is 0. The van der Waals surface area contributed by atoms with Gasteiger partial charge in [-0.25, -0.2) is 4.79 Å². The lowest BCUT2D eigenvalue weighted by molar-refractivity contribution is 0.252. The number of amides is 2. The van der Waals surface area contributed by atoms with Gasteiger partial charge in [0.05, 0.1) is 0 Å². The lowest BCUT2D eigenvalue weighted by Crippen LogP contribution is -2.30. The Kier molecular flexibility index (Phi) is 4.95. The van der Waals surface area contributed by atoms with E-state index in [0.717, 1.165) is 24.2 Å². The average molecular weight is 294 g/mol. The van der Waals surface area contributed by atoms with Crippen molar-refractivity contribution in [2.75, 3.05) is 11.9 Å². The molecular formula is C13H16ClN5O. The number of benzene rings is 1. The minimum absolute atomic E-state index is 0.226. The molecule has 0 saturated carbocycles. The third-order valence-corrected chi connectivity index (χ3v) is 3.19. The molecule has 0 spiro atoms. The first-order valence-electron chi connectivity index (χ1n) is 6.28. The largest absolute Gasteiger partial charge is 0.338 e. The van der Waals surface area contributed by atoms with Gasteiger partial charge in [-0.15, -0.1) is 10.2 Å². The van der Waals surface area contributed by atoms with Crippen molar-refractivity contribution in [1.82, 2.24) is 20.1 Å². The molecule has 1 aromatic carbocycles. The fourth-order valence-corrected chi connectivity index (χ4v) is 1.82. The van der Waals surface area contributed by atoms with Gasteiger partial charge < -0.3 is 15.2 Å². The zero-order valence-corrected chi connectivity index (χ0v) is 11.9. The zero-order chi connectivity index (χ0) is 14.4. The molecule has 0 bridgehead atoms. The van der Waals surface area contributed by atoms with Gasteiger partial charge in [-0.2, -0.15) is 0 Å². The SMILES string of the molecule is Cc1cc(NC(=O)NCCCn2cnnc2)ccc1Cl. The third-order valence-electron chi connectivity index (χ3n) is 2.76. The molecular weight excluding hydrogens is 278 g/mol. The van der Waals surface area contributed by atoms with E-state index in [4.69, 9.17) is 11.6 Å². The van der Waals surface area contributed by atoms with Crippen molar-refractivity contribution in [3.8, 4) is 0 Å². The number of aromatic nitrogens is 3. The smallest absolute Gasteiger partial charge is 0.319 e. The molecule has 1 heterocycles. The van der Waals surface area contributed by atoms with E-state index in [0.29, 0.717) is 11.6 Å². The first-order chi connectivity index (χ1) is 9.65. The molecule has 0 aliphatic rings. The number of hydrogen-bond donors (Lipinski definition) is 2. The van der Waals surface area contributed by atoms with Crippen molar-refractivity contribution in [2.45, 2.75) is 19.9 Å². The summed E-state index contributed by atoms with van der Waals surface area (Å²) >= 11 is 5.93. The van der Waals surface area contributed by atoms with Crippen LogP contribution >= 0.6 is 11.6 Å². The fourth-order valence-electron chi connectivity index (χ4n) is 1.70. The van der Waals surface area contributed by atoms with Gasteiger partial charge >= 0.3 is 6.03 Å². The summed E-state index contributed by atoms with van der Waals surface area (Å²) in [5.74, 6) is 0. The first-order valence-corrected chi connectivity index (χ1v) is 6.66. The second-order valence-electron chi connectivity index (χ2n) is 4.40. The lowest BCUT2D eigenvalue weighted by atomic mass is 10.2. The average Bonchev–Trinajstić information content (AvgIpc) is 2.92. The Hall–Kier alpha value is -2.08. The van der Waals surface area contributed by atoms with Crippen molar-refractivity contribution in [3.63, 3.8) is 0 Å². The van der Waals surface area contributed by atoms with Gasteiger partial charge in [-0.3, -0.25) is 0 Å². The van der Waals surface area contributed by atoms with E-state index in [9.17, 15) is 4.79 Å². The van der Waals surface area contributed by atoms with Crippen LogP contribution in [0.3, 0.4) is 0 Å². The molecule has 2 amide bonds. The number of urea groups is 1. The van der Waals surface area contributed by atoms with Crippen LogP contribution in [0.2, 0.25) is 5.02 Å². The second kappa shape index (κ2) is 6.91. The number of nitrogens with zero attached hydrogens (tertiary/aromatic N) is 3. The molecule has 2 aromatic rings. The highest BCUT2D eigenvalue weighted by Crippen LogP contribution is 2.19. The summed E-state index contributed by atoms with van der Waals surface area (Å²) in [6, 6.07) is 5.14. The van der Waals surface area contributed by atoms with Crippen molar-refractivity contribution >= 4 is 23.3 Å².